The van der Waals surface area contributed by atoms with Gasteiger partial charge in [0.25, 0.3) is 0 Å². The van der Waals surface area contributed by atoms with Gasteiger partial charge >= 0.3 is 0 Å². The van der Waals surface area contributed by atoms with Crippen molar-refractivity contribution in [1.82, 2.24) is 9.21 Å². The number of piperidine rings is 1. The van der Waals surface area contributed by atoms with Crippen molar-refractivity contribution in [2.45, 2.75) is 43.9 Å². The van der Waals surface area contributed by atoms with Crippen molar-refractivity contribution in [1.29, 1.82) is 0 Å². The molecule has 144 valence electrons. The number of anilines is 1. The molecule has 2 aliphatic heterocycles. The summed E-state index contributed by atoms with van der Waals surface area (Å²) in [7, 11) is -3.46. The van der Waals surface area contributed by atoms with E-state index in [1.54, 1.807) is 24.3 Å². The number of hydrogen-bond acceptors (Lipinski definition) is 4. The molecule has 7 heteroatoms. The van der Waals surface area contributed by atoms with Crippen LogP contribution in [-0.2, 0) is 14.8 Å². The molecule has 1 unspecified atom stereocenters. The van der Waals surface area contributed by atoms with Crippen LogP contribution in [0.4, 0.5) is 5.69 Å². The van der Waals surface area contributed by atoms with Crippen molar-refractivity contribution >= 4 is 21.6 Å². The van der Waals surface area contributed by atoms with Crippen molar-refractivity contribution in [2.75, 3.05) is 38.0 Å². The number of rotatable bonds is 6. The van der Waals surface area contributed by atoms with Gasteiger partial charge in [-0.1, -0.05) is 19.4 Å². The fourth-order valence-corrected chi connectivity index (χ4v) is 5.41. The van der Waals surface area contributed by atoms with Crippen LogP contribution in [0, 0.1) is 5.92 Å². The Kier molecular flexibility index (Phi) is 6.32. The molecule has 0 saturated carbocycles. The molecule has 2 aliphatic rings. The first-order valence-corrected chi connectivity index (χ1v) is 11.1. The third kappa shape index (κ3) is 4.64. The molecular formula is C19H29N3O3S. The zero-order chi connectivity index (χ0) is 18.6. The number of benzene rings is 1. The maximum absolute atomic E-state index is 12.7. The second kappa shape index (κ2) is 8.50. The number of amides is 1. The number of likely N-dealkylation sites (tertiary alicyclic amines) is 1. The number of carbonyl (C=O) groups excluding carboxylic acids is 1. The molecule has 1 aromatic rings. The Labute approximate surface area is 156 Å². The lowest BCUT2D eigenvalue weighted by Gasteiger charge is -2.31. The Bertz CT molecular complexity index is 729. The second-order valence-electron chi connectivity index (χ2n) is 7.34. The summed E-state index contributed by atoms with van der Waals surface area (Å²) in [5.41, 5.74) is 0.541. The molecule has 6 nitrogen and oxygen atoms in total. The van der Waals surface area contributed by atoms with Gasteiger partial charge in [-0.25, -0.2) is 8.42 Å². The minimum Gasteiger partial charge on any atom is -0.325 e. The lowest BCUT2D eigenvalue weighted by molar-refractivity contribution is -0.117. The molecule has 0 bridgehead atoms. The summed E-state index contributed by atoms with van der Waals surface area (Å²) in [4.78, 5) is 14.8. The summed E-state index contributed by atoms with van der Waals surface area (Å²) in [6.07, 6.45) is 5.34. The van der Waals surface area contributed by atoms with Crippen LogP contribution in [0.3, 0.4) is 0 Å². The largest absolute Gasteiger partial charge is 0.325 e. The van der Waals surface area contributed by atoms with E-state index in [1.807, 2.05) is 0 Å². The smallest absolute Gasteiger partial charge is 0.243 e. The zero-order valence-corrected chi connectivity index (χ0v) is 16.3. The fraction of sp³-hybridized carbons (Fsp3) is 0.632. The Morgan fingerprint density at radius 2 is 1.96 bits per heavy atom. The molecule has 2 saturated heterocycles. The molecule has 1 atom stereocenters. The predicted octanol–water partition coefficient (Wildman–Crippen LogP) is 2.53. The molecule has 0 aromatic heterocycles. The van der Waals surface area contributed by atoms with Crippen molar-refractivity contribution in [3.8, 4) is 0 Å². The minimum atomic E-state index is -3.46. The highest BCUT2D eigenvalue weighted by atomic mass is 32.2. The highest BCUT2D eigenvalue weighted by Crippen LogP contribution is 2.23. The molecule has 0 aliphatic carbocycles. The first-order valence-electron chi connectivity index (χ1n) is 9.61. The van der Waals surface area contributed by atoms with Gasteiger partial charge in [0, 0.05) is 25.3 Å². The first-order chi connectivity index (χ1) is 12.5. The molecule has 1 amide bonds. The van der Waals surface area contributed by atoms with E-state index in [4.69, 9.17) is 0 Å². The summed E-state index contributed by atoms with van der Waals surface area (Å²) >= 11 is 0. The van der Waals surface area contributed by atoms with E-state index in [1.165, 1.54) is 10.7 Å². The molecule has 2 heterocycles. The van der Waals surface area contributed by atoms with Crippen LogP contribution >= 0.6 is 0 Å². The van der Waals surface area contributed by atoms with Crippen LogP contribution in [0.15, 0.2) is 29.2 Å². The molecule has 2 fully saturated rings. The third-order valence-electron chi connectivity index (χ3n) is 5.37. The van der Waals surface area contributed by atoms with Crippen LogP contribution in [0.5, 0.6) is 0 Å². The van der Waals surface area contributed by atoms with E-state index >= 15 is 0 Å². The molecule has 26 heavy (non-hydrogen) atoms. The molecule has 0 spiro atoms. The number of nitrogens with zero attached hydrogens (tertiary/aromatic N) is 2. The van der Waals surface area contributed by atoms with Crippen molar-refractivity contribution in [3.63, 3.8) is 0 Å². The maximum Gasteiger partial charge on any atom is 0.243 e. The quantitative estimate of drug-likeness (QED) is 0.825. The van der Waals surface area contributed by atoms with Crippen LogP contribution in [0.1, 0.15) is 39.0 Å². The van der Waals surface area contributed by atoms with Crippen LogP contribution in [-0.4, -0.2) is 56.3 Å². The standard InChI is InChI=1S/C19H29N3O3S/c1-2-16-7-6-10-21(14-16)15-19(23)20-17-8-5-9-18(13-17)26(24,25)22-11-3-4-12-22/h5,8-9,13,16H,2-4,6-7,10-12,14-15H2,1H3,(H,20,23). The van der Waals surface area contributed by atoms with E-state index in [-0.39, 0.29) is 10.8 Å². The van der Waals surface area contributed by atoms with E-state index < -0.39 is 10.0 Å². The van der Waals surface area contributed by atoms with Gasteiger partial charge in [-0.3, -0.25) is 9.69 Å². The molecule has 1 aromatic carbocycles. The summed E-state index contributed by atoms with van der Waals surface area (Å²) in [5, 5.41) is 2.86. The highest BCUT2D eigenvalue weighted by Gasteiger charge is 2.27. The van der Waals surface area contributed by atoms with Crippen molar-refractivity contribution in [3.05, 3.63) is 24.3 Å². The van der Waals surface area contributed by atoms with Gasteiger partial charge in [0.05, 0.1) is 11.4 Å². The predicted molar refractivity (Wildman–Crippen MR) is 103 cm³/mol. The van der Waals surface area contributed by atoms with Crippen molar-refractivity contribution in [2.24, 2.45) is 5.92 Å². The summed E-state index contributed by atoms with van der Waals surface area (Å²) in [6.45, 7) is 5.62. The minimum absolute atomic E-state index is 0.0857. The van der Waals surface area contributed by atoms with Gasteiger partial charge in [-0.2, -0.15) is 4.31 Å². The molecule has 1 N–H and O–H groups in total. The van der Waals surface area contributed by atoms with Gasteiger partial charge in [0.15, 0.2) is 0 Å². The van der Waals surface area contributed by atoms with Gasteiger partial charge in [-0.05, 0) is 56.3 Å². The van der Waals surface area contributed by atoms with E-state index in [9.17, 15) is 13.2 Å². The lowest BCUT2D eigenvalue weighted by Crippen LogP contribution is -2.40. The normalized spacial score (nSPS) is 22.4. The van der Waals surface area contributed by atoms with Crippen LogP contribution < -0.4 is 5.32 Å². The van der Waals surface area contributed by atoms with Gasteiger partial charge < -0.3 is 5.32 Å². The Morgan fingerprint density at radius 3 is 2.69 bits per heavy atom. The Hall–Kier alpha value is -1.44. The first kappa shape index (κ1) is 19.3. The molecule has 0 radical (unpaired) electrons. The van der Waals surface area contributed by atoms with E-state index in [0.29, 0.717) is 31.2 Å². The van der Waals surface area contributed by atoms with Crippen molar-refractivity contribution < 1.29 is 13.2 Å². The molecule has 3 rings (SSSR count). The second-order valence-corrected chi connectivity index (χ2v) is 9.28. The van der Waals surface area contributed by atoms with Gasteiger partial charge in [0.1, 0.15) is 0 Å². The van der Waals surface area contributed by atoms with Gasteiger partial charge in [0.2, 0.25) is 15.9 Å². The highest BCUT2D eigenvalue weighted by molar-refractivity contribution is 7.89. The SMILES string of the molecule is CCC1CCCN(CC(=O)Nc2cccc(S(=O)(=O)N3CCCC3)c2)C1. The summed E-state index contributed by atoms with van der Waals surface area (Å²) in [6, 6.07) is 6.59. The van der Waals surface area contributed by atoms with E-state index in [2.05, 4.69) is 17.1 Å². The number of carbonyl (C=O) groups is 1. The van der Waals surface area contributed by atoms with E-state index in [0.717, 1.165) is 38.8 Å². The van der Waals surface area contributed by atoms with Gasteiger partial charge in [-0.15, -0.1) is 0 Å². The Balaban J connectivity index is 1.62. The zero-order valence-electron chi connectivity index (χ0n) is 15.5. The average molecular weight is 380 g/mol. The monoisotopic (exact) mass is 379 g/mol. The fourth-order valence-electron chi connectivity index (χ4n) is 3.84. The molecular weight excluding hydrogens is 350 g/mol. The maximum atomic E-state index is 12.7. The average Bonchev–Trinajstić information content (AvgIpc) is 3.17. The summed E-state index contributed by atoms with van der Waals surface area (Å²) in [5.74, 6) is 0.586. The Morgan fingerprint density at radius 1 is 1.19 bits per heavy atom. The van der Waals surface area contributed by atoms with Crippen LogP contribution in [0.25, 0.3) is 0 Å². The number of sulfonamides is 1. The topological polar surface area (TPSA) is 69.7 Å². The lowest BCUT2D eigenvalue weighted by atomic mass is 9.96. The number of nitrogens with one attached hydrogen (secondary N) is 1. The summed E-state index contributed by atoms with van der Waals surface area (Å²) < 4.78 is 26.8. The number of hydrogen-bond donors (Lipinski definition) is 1. The van der Waals surface area contributed by atoms with Crippen LogP contribution in [0.2, 0.25) is 0 Å². The third-order valence-corrected chi connectivity index (χ3v) is 7.26.